The summed E-state index contributed by atoms with van der Waals surface area (Å²) in [5.74, 6) is 0.665. The van der Waals surface area contributed by atoms with E-state index in [1.165, 1.54) is 0 Å². The molecule has 0 aromatic carbocycles. The maximum absolute atomic E-state index is 5.18. The van der Waals surface area contributed by atoms with Crippen LogP contribution in [0.2, 0.25) is 0 Å². The van der Waals surface area contributed by atoms with E-state index in [0.717, 1.165) is 13.0 Å². The van der Waals surface area contributed by atoms with Crippen molar-refractivity contribution in [1.82, 2.24) is 0 Å². The van der Waals surface area contributed by atoms with Crippen LogP contribution in [0.25, 0.3) is 0 Å². The van der Waals surface area contributed by atoms with Gasteiger partial charge in [-0.15, -0.1) is 0 Å². The molecule has 0 aromatic rings. The number of rotatable bonds is 7. The van der Waals surface area contributed by atoms with Crippen LogP contribution in [0.3, 0.4) is 0 Å². The Morgan fingerprint density at radius 1 is 1.55 bits per heavy atom. The van der Waals surface area contributed by atoms with Crippen molar-refractivity contribution >= 4 is 0 Å². The predicted molar refractivity (Wildman–Crippen MR) is 46.4 cm³/mol. The lowest BCUT2D eigenvalue weighted by Gasteiger charge is -2.06. The van der Waals surface area contributed by atoms with Gasteiger partial charge in [0.25, 0.3) is 0 Å². The molecule has 0 saturated carbocycles. The highest BCUT2D eigenvalue weighted by molar-refractivity contribution is 4.83. The highest BCUT2D eigenvalue weighted by Gasteiger charge is 1.91. The zero-order valence-electron chi connectivity index (χ0n) is 7.14. The van der Waals surface area contributed by atoms with Gasteiger partial charge in [-0.3, -0.25) is 0 Å². The second-order valence-electron chi connectivity index (χ2n) is 2.19. The van der Waals surface area contributed by atoms with E-state index >= 15 is 0 Å². The molecule has 0 N–H and O–H groups in total. The first-order valence-corrected chi connectivity index (χ1v) is 3.80. The second kappa shape index (κ2) is 7.35. The molecule has 0 fully saturated rings. The first kappa shape index (κ1) is 10.2. The number of hydrogen-bond acceptors (Lipinski definition) is 2. The van der Waals surface area contributed by atoms with E-state index in [1.54, 1.807) is 6.08 Å². The lowest BCUT2D eigenvalue weighted by atomic mass is 10.5. The van der Waals surface area contributed by atoms with Gasteiger partial charge in [0, 0.05) is 6.61 Å². The van der Waals surface area contributed by atoms with Crippen molar-refractivity contribution in [3.05, 3.63) is 25.0 Å². The number of ether oxygens (including phenoxy) is 2. The van der Waals surface area contributed by atoms with Crippen LogP contribution in [-0.4, -0.2) is 19.8 Å². The van der Waals surface area contributed by atoms with E-state index in [2.05, 4.69) is 20.1 Å². The average Bonchev–Trinajstić information content (AvgIpc) is 2.01. The Balaban J connectivity index is 3.15. The summed E-state index contributed by atoms with van der Waals surface area (Å²) in [7, 11) is 0. The van der Waals surface area contributed by atoms with Crippen LogP contribution in [0.5, 0.6) is 0 Å². The van der Waals surface area contributed by atoms with Crippen LogP contribution >= 0.6 is 0 Å². The highest BCUT2D eigenvalue weighted by Crippen LogP contribution is 1.94. The highest BCUT2D eigenvalue weighted by atomic mass is 16.5. The minimum Gasteiger partial charge on any atom is -0.492 e. The second-order valence-corrected chi connectivity index (χ2v) is 2.19. The summed E-state index contributed by atoms with van der Waals surface area (Å²) in [6.07, 6.45) is 2.71. The van der Waals surface area contributed by atoms with Crippen molar-refractivity contribution in [3.63, 3.8) is 0 Å². The van der Waals surface area contributed by atoms with Gasteiger partial charge >= 0.3 is 0 Å². The fourth-order valence-corrected chi connectivity index (χ4v) is 0.549. The normalized spacial score (nSPS) is 9.18. The van der Waals surface area contributed by atoms with Crippen LogP contribution in [-0.2, 0) is 9.47 Å². The van der Waals surface area contributed by atoms with E-state index in [1.807, 2.05) is 0 Å². The van der Waals surface area contributed by atoms with E-state index in [4.69, 9.17) is 9.47 Å². The van der Waals surface area contributed by atoms with Gasteiger partial charge < -0.3 is 9.47 Å². The third-order valence-electron chi connectivity index (χ3n) is 1.02. The summed E-state index contributed by atoms with van der Waals surface area (Å²) in [6, 6.07) is 0. The molecule has 0 aliphatic carbocycles. The molecule has 0 saturated heterocycles. The summed E-state index contributed by atoms with van der Waals surface area (Å²) in [4.78, 5) is 0. The van der Waals surface area contributed by atoms with E-state index < -0.39 is 0 Å². The Kier molecular flexibility index (Phi) is 6.84. The molecule has 0 rings (SSSR count). The van der Waals surface area contributed by atoms with Crippen LogP contribution < -0.4 is 0 Å². The fourth-order valence-electron chi connectivity index (χ4n) is 0.549. The Bertz CT molecular complexity index is 119. The summed E-state index contributed by atoms with van der Waals surface area (Å²) in [5, 5.41) is 0. The first-order valence-electron chi connectivity index (χ1n) is 3.80. The van der Waals surface area contributed by atoms with Gasteiger partial charge in [0.1, 0.15) is 19.0 Å². The summed E-state index contributed by atoms with van der Waals surface area (Å²) < 4.78 is 10.3. The molecular weight excluding hydrogens is 140 g/mol. The van der Waals surface area contributed by atoms with Gasteiger partial charge in [-0.2, -0.15) is 0 Å². The van der Waals surface area contributed by atoms with Gasteiger partial charge in [-0.05, 0) is 6.42 Å². The summed E-state index contributed by atoms with van der Waals surface area (Å²) >= 11 is 0. The Morgan fingerprint density at radius 2 is 2.27 bits per heavy atom. The molecule has 0 bridgehead atoms. The molecule has 2 heteroatoms. The van der Waals surface area contributed by atoms with Gasteiger partial charge in [-0.1, -0.05) is 26.2 Å². The smallest absolute Gasteiger partial charge is 0.115 e. The molecule has 0 aromatic heterocycles. The van der Waals surface area contributed by atoms with E-state index in [0.29, 0.717) is 19.0 Å². The minimum atomic E-state index is 0.488. The van der Waals surface area contributed by atoms with Crippen molar-refractivity contribution in [2.24, 2.45) is 0 Å². The minimum absolute atomic E-state index is 0.488. The van der Waals surface area contributed by atoms with Crippen molar-refractivity contribution in [2.45, 2.75) is 13.3 Å². The summed E-state index contributed by atoms with van der Waals surface area (Å²) in [6.45, 7) is 11.0. The van der Waals surface area contributed by atoms with Crippen molar-refractivity contribution < 1.29 is 9.47 Å². The molecule has 0 spiro atoms. The van der Waals surface area contributed by atoms with Gasteiger partial charge in [0.15, 0.2) is 0 Å². The molecule has 0 atom stereocenters. The molecule has 0 unspecified atom stereocenters. The average molecular weight is 156 g/mol. The van der Waals surface area contributed by atoms with E-state index in [-0.39, 0.29) is 0 Å². The largest absolute Gasteiger partial charge is 0.492 e. The molecule has 0 aliphatic rings. The molecule has 64 valence electrons. The maximum atomic E-state index is 5.18. The first-order chi connectivity index (χ1) is 5.31. The van der Waals surface area contributed by atoms with Crippen LogP contribution in [0.15, 0.2) is 25.0 Å². The van der Waals surface area contributed by atoms with Crippen molar-refractivity contribution in [3.8, 4) is 0 Å². The molecule has 2 nitrogen and oxygen atoms in total. The third kappa shape index (κ3) is 7.13. The monoisotopic (exact) mass is 156 g/mol. The number of hydrogen-bond donors (Lipinski definition) is 0. The SMILES string of the molecule is C=CCOC(=C)COCCC. The molecule has 11 heavy (non-hydrogen) atoms. The maximum Gasteiger partial charge on any atom is 0.115 e. The van der Waals surface area contributed by atoms with Crippen LogP contribution in [0.1, 0.15) is 13.3 Å². The van der Waals surface area contributed by atoms with Crippen LogP contribution in [0, 0.1) is 0 Å². The zero-order valence-corrected chi connectivity index (χ0v) is 7.14. The van der Waals surface area contributed by atoms with Crippen molar-refractivity contribution in [2.75, 3.05) is 19.8 Å². The summed E-state index contributed by atoms with van der Waals surface area (Å²) in [5.41, 5.74) is 0. The van der Waals surface area contributed by atoms with Crippen molar-refractivity contribution in [1.29, 1.82) is 0 Å². The third-order valence-corrected chi connectivity index (χ3v) is 1.02. The fraction of sp³-hybridized carbons (Fsp3) is 0.556. The van der Waals surface area contributed by atoms with Gasteiger partial charge in [0.2, 0.25) is 0 Å². The molecule has 0 heterocycles. The lowest BCUT2D eigenvalue weighted by molar-refractivity contribution is 0.107. The Labute approximate surface area is 68.5 Å². The quantitative estimate of drug-likeness (QED) is 0.319. The van der Waals surface area contributed by atoms with E-state index in [9.17, 15) is 0 Å². The molecule has 0 aliphatic heterocycles. The van der Waals surface area contributed by atoms with Crippen LogP contribution in [0.4, 0.5) is 0 Å². The standard InChI is InChI=1S/C9H16O2/c1-4-6-10-8-9(3)11-7-5-2/h5H,2-4,6-8H2,1H3. The van der Waals surface area contributed by atoms with Gasteiger partial charge in [0.05, 0.1) is 0 Å². The predicted octanol–water partition coefficient (Wildman–Crippen LogP) is 2.13. The lowest BCUT2D eigenvalue weighted by Crippen LogP contribution is -2.01. The van der Waals surface area contributed by atoms with Gasteiger partial charge in [-0.25, -0.2) is 0 Å². The topological polar surface area (TPSA) is 18.5 Å². The zero-order chi connectivity index (χ0) is 8.53. The molecular formula is C9H16O2. The molecule has 0 amide bonds. The Morgan fingerprint density at radius 3 is 2.82 bits per heavy atom. The molecule has 0 radical (unpaired) electrons. The Hall–Kier alpha value is -0.760.